The van der Waals surface area contributed by atoms with E-state index in [1.54, 1.807) is 12.1 Å². The van der Waals surface area contributed by atoms with E-state index in [9.17, 15) is 28.1 Å². The van der Waals surface area contributed by atoms with Gasteiger partial charge >= 0.3 is 6.18 Å². The molecular weight excluding hydrogens is 423 g/mol. The maximum absolute atomic E-state index is 13.5. The van der Waals surface area contributed by atoms with Gasteiger partial charge in [-0.25, -0.2) is 0 Å². The van der Waals surface area contributed by atoms with Crippen LogP contribution in [0.15, 0.2) is 42.5 Å². The zero-order chi connectivity index (χ0) is 22.9. The van der Waals surface area contributed by atoms with Gasteiger partial charge in [-0.15, -0.1) is 0 Å². The van der Waals surface area contributed by atoms with Crippen LogP contribution >= 0.6 is 0 Å². The minimum absolute atomic E-state index is 0.0727. The van der Waals surface area contributed by atoms with Crippen LogP contribution in [-0.4, -0.2) is 23.9 Å². The SMILES string of the molecule is O=C(Nc1cc(C(F)(F)F)ccc1N1CCCC1)C1(c2ccc([N+](=O)[O-])cc2)CCCC1. The van der Waals surface area contributed by atoms with Crippen molar-refractivity contribution in [3.8, 4) is 0 Å². The number of hydrogen-bond acceptors (Lipinski definition) is 4. The Labute approximate surface area is 183 Å². The lowest BCUT2D eigenvalue weighted by atomic mass is 9.78. The molecule has 1 aliphatic carbocycles. The van der Waals surface area contributed by atoms with E-state index < -0.39 is 22.1 Å². The lowest BCUT2D eigenvalue weighted by Crippen LogP contribution is -2.38. The third kappa shape index (κ3) is 4.16. The summed E-state index contributed by atoms with van der Waals surface area (Å²) in [6, 6.07) is 9.37. The highest BCUT2D eigenvalue weighted by atomic mass is 19.4. The smallest absolute Gasteiger partial charge is 0.370 e. The molecule has 2 fully saturated rings. The molecule has 32 heavy (non-hydrogen) atoms. The molecule has 1 N–H and O–H groups in total. The van der Waals surface area contributed by atoms with Crippen LogP contribution in [0.3, 0.4) is 0 Å². The van der Waals surface area contributed by atoms with E-state index >= 15 is 0 Å². The Morgan fingerprint density at radius 2 is 1.62 bits per heavy atom. The highest BCUT2D eigenvalue weighted by molar-refractivity contribution is 6.01. The fourth-order valence-corrected chi connectivity index (χ4v) is 4.82. The van der Waals surface area contributed by atoms with Gasteiger partial charge in [0.15, 0.2) is 0 Å². The van der Waals surface area contributed by atoms with Gasteiger partial charge in [0.1, 0.15) is 0 Å². The van der Waals surface area contributed by atoms with E-state index in [1.807, 2.05) is 4.90 Å². The number of amides is 1. The number of benzene rings is 2. The average Bonchev–Trinajstić information content (AvgIpc) is 3.46. The van der Waals surface area contributed by atoms with E-state index in [2.05, 4.69) is 5.32 Å². The van der Waals surface area contributed by atoms with Crippen LogP contribution in [0.25, 0.3) is 0 Å². The second-order valence-electron chi connectivity index (χ2n) is 8.47. The fourth-order valence-electron chi connectivity index (χ4n) is 4.82. The van der Waals surface area contributed by atoms with Crippen molar-refractivity contribution < 1.29 is 22.9 Å². The molecule has 2 aromatic rings. The van der Waals surface area contributed by atoms with Gasteiger partial charge in [-0.1, -0.05) is 25.0 Å². The topological polar surface area (TPSA) is 75.5 Å². The van der Waals surface area contributed by atoms with Crippen LogP contribution in [0, 0.1) is 10.1 Å². The van der Waals surface area contributed by atoms with Crippen LogP contribution < -0.4 is 10.2 Å². The van der Waals surface area contributed by atoms with Crippen molar-refractivity contribution in [3.63, 3.8) is 0 Å². The number of halogens is 3. The summed E-state index contributed by atoms with van der Waals surface area (Å²) in [5.74, 6) is -0.372. The number of carbonyl (C=O) groups excluding carboxylic acids is 1. The molecular formula is C23H24F3N3O3. The number of nitrogens with zero attached hydrogens (tertiary/aromatic N) is 2. The summed E-state index contributed by atoms with van der Waals surface area (Å²) in [5, 5.41) is 13.8. The molecule has 0 spiro atoms. The van der Waals surface area contributed by atoms with E-state index in [0.717, 1.165) is 50.9 Å². The number of alkyl halides is 3. The Balaban J connectivity index is 1.69. The Hall–Kier alpha value is -3.10. The minimum Gasteiger partial charge on any atom is -0.370 e. The summed E-state index contributed by atoms with van der Waals surface area (Å²) in [6.45, 7) is 1.45. The van der Waals surface area contributed by atoms with Gasteiger partial charge < -0.3 is 10.2 Å². The van der Waals surface area contributed by atoms with Gasteiger partial charge in [0.25, 0.3) is 5.69 Å². The first kappa shape index (κ1) is 22.1. The standard InChI is InChI=1S/C23H24F3N3O3/c24-23(25,26)17-7-10-20(28-13-3-4-14-28)19(15-17)27-21(30)22(11-1-2-12-22)16-5-8-18(9-6-16)29(31)32/h5-10,15H,1-4,11-14H2,(H,27,30). The molecule has 1 saturated carbocycles. The van der Waals surface area contributed by atoms with E-state index in [4.69, 9.17) is 0 Å². The molecule has 1 heterocycles. The van der Waals surface area contributed by atoms with Crippen molar-refractivity contribution in [2.75, 3.05) is 23.3 Å². The first-order valence-electron chi connectivity index (χ1n) is 10.7. The number of hydrogen-bond donors (Lipinski definition) is 1. The molecule has 0 radical (unpaired) electrons. The van der Waals surface area contributed by atoms with Gasteiger partial charge in [0.05, 0.1) is 27.3 Å². The van der Waals surface area contributed by atoms with Crippen molar-refractivity contribution in [3.05, 3.63) is 63.7 Å². The zero-order valence-electron chi connectivity index (χ0n) is 17.5. The van der Waals surface area contributed by atoms with Crippen molar-refractivity contribution in [2.24, 2.45) is 0 Å². The summed E-state index contributed by atoms with van der Waals surface area (Å²) in [7, 11) is 0. The van der Waals surface area contributed by atoms with Crippen LogP contribution in [0.1, 0.15) is 49.7 Å². The number of rotatable bonds is 5. The van der Waals surface area contributed by atoms with Crippen molar-refractivity contribution >= 4 is 23.0 Å². The highest BCUT2D eigenvalue weighted by Crippen LogP contribution is 2.44. The van der Waals surface area contributed by atoms with Crippen LogP contribution in [-0.2, 0) is 16.4 Å². The number of nitro benzene ring substituents is 1. The molecule has 0 aromatic heterocycles. The number of nitrogens with one attached hydrogen (secondary N) is 1. The number of nitro groups is 1. The van der Waals surface area contributed by atoms with Crippen molar-refractivity contribution in [1.82, 2.24) is 0 Å². The second-order valence-corrected chi connectivity index (χ2v) is 8.47. The number of carbonyl (C=O) groups is 1. The summed E-state index contributed by atoms with van der Waals surface area (Å²) in [6.07, 6.45) is 0.0377. The molecule has 0 atom stereocenters. The summed E-state index contributed by atoms with van der Waals surface area (Å²) >= 11 is 0. The first-order chi connectivity index (χ1) is 15.2. The van der Waals surface area contributed by atoms with Crippen LogP contribution in [0.4, 0.5) is 30.2 Å². The van der Waals surface area contributed by atoms with Gasteiger partial charge in [-0.05, 0) is 49.4 Å². The third-order valence-electron chi connectivity index (χ3n) is 6.54. The van der Waals surface area contributed by atoms with Crippen LogP contribution in [0.5, 0.6) is 0 Å². The Morgan fingerprint density at radius 1 is 1.00 bits per heavy atom. The molecule has 170 valence electrons. The molecule has 1 amide bonds. The van der Waals surface area contributed by atoms with Gasteiger partial charge in [-0.2, -0.15) is 13.2 Å². The van der Waals surface area contributed by atoms with Gasteiger partial charge in [0.2, 0.25) is 5.91 Å². The molecule has 9 heteroatoms. The van der Waals surface area contributed by atoms with E-state index in [-0.39, 0.29) is 17.3 Å². The monoisotopic (exact) mass is 447 g/mol. The predicted molar refractivity (Wildman–Crippen MR) is 115 cm³/mol. The van der Waals surface area contributed by atoms with E-state index in [0.29, 0.717) is 24.1 Å². The molecule has 2 aromatic carbocycles. The molecule has 0 unspecified atom stereocenters. The quantitative estimate of drug-likeness (QED) is 0.474. The average molecular weight is 447 g/mol. The minimum atomic E-state index is -4.52. The summed E-state index contributed by atoms with van der Waals surface area (Å²) < 4.78 is 40.1. The molecule has 2 aliphatic rings. The fraction of sp³-hybridized carbons (Fsp3) is 0.435. The van der Waals surface area contributed by atoms with Crippen molar-refractivity contribution in [1.29, 1.82) is 0 Å². The largest absolute Gasteiger partial charge is 0.416 e. The molecule has 1 aliphatic heterocycles. The third-order valence-corrected chi connectivity index (χ3v) is 6.54. The lowest BCUT2D eigenvalue weighted by molar-refractivity contribution is -0.384. The summed E-state index contributed by atoms with van der Waals surface area (Å²) in [4.78, 5) is 26.0. The normalized spacial score (nSPS) is 18.0. The maximum Gasteiger partial charge on any atom is 0.416 e. The zero-order valence-corrected chi connectivity index (χ0v) is 17.5. The summed E-state index contributed by atoms with van der Waals surface area (Å²) in [5.41, 5.74) is -0.428. The lowest BCUT2D eigenvalue weighted by Gasteiger charge is -2.30. The molecule has 6 nitrogen and oxygen atoms in total. The Bertz CT molecular complexity index is 1010. The first-order valence-corrected chi connectivity index (χ1v) is 10.7. The Kier molecular flexibility index (Phi) is 5.83. The van der Waals surface area contributed by atoms with Gasteiger partial charge in [0, 0.05) is 25.2 Å². The maximum atomic E-state index is 13.5. The van der Waals surface area contributed by atoms with E-state index in [1.165, 1.54) is 18.2 Å². The van der Waals surface area contributed by atoms with Crippen LogP contribution in [0.2, 0.25) is 0 Å². The molecule has 1 saturated heterocycles. The number of non-ortho nitro benzene ring substituents is 1. The molecule has 4 rings (SSSR count). The second kappa shape index (κ2) is 8.44. The molecule has 0 bridgehead atoms. The van der Waals surface area contributed by atoms with Gasteiger partial charge in [-0.3, -0.25) is 14.9 Å². The highest BCUT2D eigenvalue weighted by Gasteiger charge is 2.43. The Morgan fingerprint density at radius 3 is 2.19 bits per heavy atom. The number of anilines is 2. The predicted octanol–water partition coefficient (Wildman–Crippen LogP) is 5.66. The van der Waals surface area contributed by atoms with Crippen molar-refractivity contribution in [2.45, 2.75) is 50.1 Å².